The second-order valence-electron chi connectivity index (χ2n) is 8.74. The number of aryl methyl sites for hydroxylation is 1. The van der Waals surface area contributed by atoms with Crippen molar-refractivity contribution in [1.29, 1.82) is 0 Å². The maximum atomic E-state index is 12.9. The van der Waals surface area contributed by atoms with Crippen LogP contribution in [0.3, 0.4) is 0 Å². The molecule has 1 unspecified atom stereocenters. The number of fused-ring (bicyclic) bond motifs is 1. The summed E-state index contributed by atoms with van der Waals surface area (Å²) < 4.78 is 0. The Hall–Kier alpha value is -2.18. The summed E-state index contributed by atoms with van der Waals surface area (Å²) in [7, 11) is 3.56. The van der Waals surface area contributed by atoms with Crippen molar-refractivity contribution in [3.8, 4) is 0 Å². The van der Waals surface area contributed by atoms with Crippen molar-refractivity contribution in [2.45, 2.75) is 44.7 Å². The van der Waals surface area contributed by atoms with Gasteiger partial charge in [-0.3, -0.25) is 14.5 Å². The Morgan fingerprint density at radius 1 is 1.13 bits per heavy atom. The third kappa shape index (κ3) is 4.93. The quantitative estimate of drug-likeness (QED) is 0.799. The first-order chi connectivity index (χ1) is 14.5. The average molecular weight is 426 g/mol. The number of rotatable bonds is 5. The predicted molar refractivity (Wildman–Crippen MR) is 121 cm³/mol. The van der Waals surface area contributed by atoms with Gasteiger partial charge in [0, 0.05) is 50.6 Å². The topological polar surface area (TPSA) is 52.7 Å². The third-order valence-electron chi connectivity index (χ3n) is 6.25. The average Bonchev–Trinajstić information content (AvgIpc) is 3.18. The Morgan fingerprint density at radius 3 is 2.57 bits per heavy atom. The van der Waals surface area contributed by atoms with E-state index in [9.17, 15) is 9.59 Å². The Labute approximate surface area is 183 Å². The minimum Gasteiger partial charge on any atom is -0.353 e. The van der Waals surface area contributed by atoms with Crippen molar-refractivity contribution < 1.29 is 9.59 Å². The fourth-order valence-corrected chi connectivity index (χ4v) is 5.70. The number of amides is 2. The number of hydrogen-bond donors (Lipinski definition) is 1. The maximum absolute atomic E-state index is 12.9. The molecule has 30 heavy (non-hydrogen) atoms. The van der Waals surface area contributed by atoms with Crippen LogP contribution in [0.25, 0.3) is 0 Å². The SMILES string of the molecule is CN(C)C(=O)c1cc2c(s1)CCC(C(=O)NC1CCN(Cc3ccccc3)CC1)C2. The monoisotopic (exact) mass is 425 g/mol. The summed E-state index contributed by atoms with van der Waals surface area (Å²) in [6.07, 6.45) is 4.55. The number of likely N-dealkylation sites (tertiary alicyclic amines) is 1. The van der Waals surface area contributed by atoms with Crippen LogP contribution in [0.5, 0.6) is 0 Å². The molecule has 5 nitrogen and oxygen atoms in total. The van der Waals surface area contributed by atoms with Gasteiger partial charge >= 0.3 is 0 Å². The molecule has 1 aromatic carbocycles. The summed E-state index contributed by atoms with van der Waals surface area (Å²) in [6.45, 7) is 3.03. The second kappa shape index (κ2) is 9.31. The number of nitrogens with zero attached hydrogens (tertiary/aromatic N) is 2. The first-order valence-corrected chi connectivity index (χ1v) is 11.7. The first kappa shape index (κ1) is 21.1. The van der Waals surface area contributed by atoms with Gasteiger partial charge in [-0.15, -0.1) is 11.3 Å². The van der Waals surface area contributed by atoms with E-state index >= 15 is 0 Å². The van der Waals surface area contributed by atoms with Gasteiger partial charge in [-0.2, -0.15) is 0 Å². The molecule has 0 radical (unpaired) electrons. The zero-order valence-electron chi connectivity index (χ0n) is 17.9. The molecule has 1 N–H and O–H groups in total. The van der Waals surface area contributed by atoms with Crippen LogP contribution in [0.2, 0.25) is 0 Å². The van der Waals surface area contributed by atoms with Gasteiger partial charge in [0.15, 0.2) is 0 Å². The van der Waals surface area contributed by atoms with Gasteiger partial charge < -0.3 is 10.2 Å². The number of carbonyl (C=O) groups excluding carboxylic acids is 2. The molecular weight excluding hydrogens is 394 g/mol. The minimum absolute atomic E-state index is 0.0248. The molecule has 0 saturated carbocycles. The Morgan fingerprint density at radius 2 is 1.87 bits per heavy atom. The van der Waals surface area contributed by atoms with E-state index < -0.39 is 0 Å². The van der Waals surface area contributed by atoms with E-state index in [2.05, 4.69) is 40.5 Å². The van der Waals surface area contributed by atoms with Crippen LogP contribution in [0.1, 0.15) is 44.9 Å². The van der Waals surface area contributed by atoms with Crippen molar-refractivity contribution in [3.05, 3.63) is 57.3 Å². The molecule has 2 amide bonds. The molecule has 0 bridgehead atoms. The van der Waals surface area contributed by atoms with Crippen LogP contribution >= 0.6 is 11.3 Å². The van der Waals surface area contributed by atoms with E-state index in [0.717, 1.165) is 56.6 Å². The number of thiophene rings is 1. The van der Waals surface area contributed by atoms with Gasteiger partial charge in [0.25, 0.3) is 5.91 Å². The molecule has 1 atom stereocenters. The lowest BCUT2D eigenvalue weighted by Crippen LogP contribution is -2.46. The van der Waals surface area contributed by atoms with Gasteiger partial charge in [0.1, 0.15) is 0 Å². The van der Waals surface area contributed by atoms with Crippen molar-refractivity contribution in [2.24, 2.45) is 5.92 Å². The Balaban J connectivity index is 1.27. The summed E-state index contributed by atoms with van der Waals surface area (Å²) in [5.41, 5.74) is 2.54. The molecule has 1 saturated heterocycles. The number of piperidine rings is 1. The molecule has 1 fully saturated rings. The fourth-order valence-electron chi connectivity index (χ4n) is 4.47. The molecular formula is C24H31N3O2S. The number of nitrogens with one attached hydrogen (secondary N) is 1. The van der Waals surface area contributed by atoms with Crippen molar-refractivity contribution in [3.63, 3.8) is 0 Å². The lowest BCUT2D eigenvalue weighted by molar-refractivity contribution is -0.126. The number of hydrogen-bond acceptors (Lipinski definition) is 4. The van der Waals surface area contributed by atoms with E-state index in [-0.39, 0.29) is 23.8 Å². The van der Waals surface area contributed by atoms with Crippen LogP contribution in [-0.2, 0) is 24.2 Å². The molecule has 1 aromatic heterocycles. The van der Waals surface area contributed by atoms with Crippen LogP contribution in [-0.4, -0.2) is 54.8 Å². The van der Waals surface area contributed by atoms with Crippen molar-refractivity contribution in [2.75, 3.05) is 27.2 Å². The highest BCUT2D eigenvalue weighted by Gasteiger charge is 2.29. The molecule has 1 aliphatic carbocycles. The normalized spacial score (nSPS) is 19.9. The summed E-state index contributed by atoms with van der Waals surface area (Å²) >= 11 is 1.59. The van der Waals surface area contributed by atoms with E-state index in [4.69, 9.17) is 0 Å². The molecule has 1 aliphatic heterocycles. The van der Waals surface area contributed by atoms with Gasteiger partial charge in [-0.1, -0.05) is 30.3 Å². The number of carbonyl (C=O) groups is 2. The van der Waals surface area contributed by atoms with Crippen molar-refractivity contribution >= 4 is 23.2 Å². The summed E-state index contributed by atoms with van der Waals surface area (Å²) in [6, 6.07) is 12.9. The molecule has 0 spiro atoms. The zero-order chi connectivity index (χ0) is 21.1. The zero-order valence-corrected chi connectivity index (χ0v) is 18.7. The molecule has 4 rings (SSSR count). The van der Waals surface area contributed by atoms with Crippen molar-refractivity contribution in [1.82, 2.24) is 15.1 Å². The van der Waals surface area contributed by atoms with Crippen LogP contribution in [0, 0.1) is 5.92 Å². The van der Waals surface area contributed by atoms with E-state index in [1.54, 1.807) is 30.3 Å². The van der Waals surface area contributed by atoms with Crippen LogP contribution in [0.4, 0.5) is 0 Å². The largest absolute Gasteiger partial charge is 0.353 e. The van der Waals surface area contributed by atoms with E-state index in [1.807, 2.05) is 6.07 Å². The summed E-state index contributed by atoms with van der Waals surface area (Å²) in [5.74, 6) is 0.267. The molecule has 2 aliphatic rings. The standard InChI is InChI=1S/C24H31N3O2S/c1-26(2)24(29)22-15-19-14-18(8-9-21(19)30-22)23(28)25-20-10-12-27(13-11-20)16-17-6-4-3-5-7-17/h3-7,15,18,20H,8-14,16H2,1-2H3,(H,25,28). The predicted octanol–water partition coefficient (Wildman–Crippen LogP) is 3.34. The smallest absolute Gasteiger partial charge is 0.263 e. The molecule has 6 heteroatoms. The van der Waals surface area contributed by atoms with E-state index in [0.29, 0.717) is 0 Å². The van der Waals surface area contributed by atoms with Crippen LogP contribution in [0.15, 0.2) is 36.4 Å². The van der Waals surface area contributed by atoms with E-state index in [1.165, 1.54) is 16.0 Å². The maximum Gasteiger partial charge on any atom is 0.263 e. The Bertz CT molecular complexity index is 885. The number of benzene rings is 1. The summed E-state index contributed by atoms with van der Waals surface area (Å²) in [4.78, 5) is 31.3. The lowest BCUT2D eigenvalue weighted by atomic mass is 9.87. The van der Waals surface area contributed by atoms with Gasteiger partial charge in [-0.25, -0.2) is 0 Å². The first-order valence-electron chi connectivity index (χ1n) is 10.9. The lowest BCUT2D eigenvalue weighted by Gasteiger charge is -2.33. The molecule has 2 aromatic rings. The van der Waals surface area contributed by atoms with Gasteiger partial charge in [0.05, 0.1) is 4.88 Å². The highest BCUT2D eigenvalue weighted by atomic mass is 32.1. The molecule has 160 valence electrons. The highest BCUT2D eigenvalue weighted by molar-refractivity contribution is 7.14. The third-order valence-corrected chi connectivity index (χ3v) is 7.48. The highest BCUT2D eigenvalue weighted by Crippen LogP contribution is 2.33. The minimum atomic E-state index is 0.0248. The van der Waals surface area contributed by atoms with Crippen LogP contribution < -0.4 is 5.32 Å². The second-order valence-corrected chi connectivity index (χ2v) is 9.88. The Kier molecular flexibility index (Phi) is 6.54. The fraction of sp³-hybridized carbons (Fsp3) is 0.500. The van der Waals surface area contributed by atoms with Gasteiger partial charge in [0.2, 0.25) is 5.91 Å². The summed E-state index contributed by atoms with van der Waals surface area (Å²) in [5, 5.41) is 3.31. The van der Waals surface area contributed by atoms with Gasteiger partial charge in [-0.05, 0) is 49.3 Å². The molecule has 2 heterocycles.